The highest BCUT2D eigenvalue weighted by Crippen LogP contribution is 2.39. The molecule has 1 N–H and O–H groups in total. The van der Waals surface area contributed by atoms with Crippen LogP contribution in [0.4, 0.5) is 13.2 Å². The first-order chi connectivity index (χ1) is 17.1. The molecular formula is C27H25F3N2O3S. The van der Waals surface area contributed by atoms with Crippen molar-refractivity contribution in [3.8, 4) is 22.6 Å². The Hall–Kier alpha value is -3.43. The van der Waals surface area contributed by atoms with Gasteiger partial charge in [0.2, 0.25) is 0 Å². The van der Waals surface area contributed by atoms with Gasteiger partial charge in [-0.05, 0) is 80.0 Å². The molecule has 0 spiro atoms. The predicted molar refractivity (Wildman–Crippen MR) is 134 cm³/mol. The fourth-order valence-corrected chi connectivity index (χ4v) is 5.42. The van der Waals surface area contributed by atoms with Gasteiger partial charge in [-0.1, -0.05) is 30.3 Å². The zero-order chi connectivity index (χ0) is 25.9. The molecule has 0 atom stereocenters. The van der Waals surface area contributed by atoms with Crippen molar-refractivity contribution in [1.29, 1.82) is 0 Å². The molecule has 36 heavy (non-hydrogen) atoms. The van der Waals surface area contributed by atoms with Crippen molar-refractivity contribution in [3.05, 3.63) is 84.1 Å². The summed E-state index contributed by atoms with van der Waals surface area (Å²) in [6, 6.07) is 17.2. The fraction of sp³-hybridized carbons (Fsp3) is 0.222. The van der Waals surface area contributed by atoms with Crippen LogP contribution >= 0.6 is 0 Å². The molecule has 0 fully saturated rings. The van der Waals surface area contributed by atoms with Gasteiger partial charge >= 0.3 is 6.18 Å². The fourth-order valence-electron chi connectivity index (χ4n) is 4.07. The maximum Gasteiger partial charge on any atom is 0.418 e. The van der Waals surface area contributed by atoms with Crippen LogP contribution in [0.2, 0.25) is 0 Å². The standard InChI is InChI=1S/C27H25F3N2O3S/c1-18-17-32-26-23(11-5-12-24(26)27(28,29)30)25(18)19-7-3-8-20(15-19)35-21-9-4-10-22(16-21)36(33,34)14-6-13-31-2/h3-5,7-12,15-17,31H,6,13-14H2,1-2H3. The highest BCUT2D eigenvalue weighted by Gasteiger charge is 2.33. The van der Waals surface area contributed by atoms with Crippen LogP contribution in [0.3, 0.4) is 0 Å². The summed E-state index contributed by atoms with van der Waals surface area (Å²) in [6.45, 7) is 2.38. The predicted octanol–water partition coefficient (Wildman–Crippen LogP) is 6.40. The Labute approximate surface area is 207 Å². The molecule has 0 saturated carbocycles. The normalized spacial score (nSPS) is 12.1. The molecule has 4 aromatic rings. The topological polar surface area (TPSA) is 68.3 Å². The molecule has 5 nitrogen and oxygen atoms in total. The highest BCUT2D eigenvalue weighted by molar-refractivity contribution is 7.91. The summed E-state index contributed by atoms with van der Waals surface area (Å²) in [5.41, 5.74) is 1.09. The van der Waals surface area contributed by atoms with Gasteiger partial charge in [0.1, 0.15) is 11.5 Å². The summed E-state index contributed by atoms with van der Waals surface area (Å²) in [5, 5.41) is 3.32. The number of hydrogen-bond acceptors (Lipinski definition) is 5. The van der Waals surface area contributed by atoms with Gasteiger partial charge in [-0.2, -0.15) is 13.2 Å². The van der Waals surface area contributed by atoms with Crippen LogP contribution < -0.4 is 10.1 Å². The molecule has 9 heteroatoms. The third-order valence-electron chi connectivity index (χ3n) is 5.76. The summed E-state index contributed by atoms with van der Waals surface area (Å²) in [5.74, 6) is 0.784. The summed E-state index contributed by atoms with van der Waals surface area (Å²) in [4.78, 5) is 4.24. The van der Waals surface area contributed by atoms with E-state index in [0.29, 0.717) is 46.5 Å². The number of ether oxygens (including phenoxy) is 1. The largest absolute Gasteiger partial charge is 0.457 e. The number of para-hydroxylation sites is 1. The number of aryl methyl sites for hydroxylation is 1. The van der Waals surface area contributed by atoms with Gasteiger partial charge in [-0.15, -0.1) is 0 Å². The number of sulfone groups is 1. The lowest BCUT2D eigenvalue weighted by Crippen LogP contribution is -2.14. The van der Waals surface area contributed by atoms with Crippen molar-refractivity contribution in [2.45, 2.75) is 24.4 Å². The van der Waals surface area contributed by atoms with Crippen LogP contribution in [0.1, 0.15) is 17.5 Å². The lowest BCUT2D eigenvalue weighted by atomic mass is 9.95. The smallest absolute Gasteiger partial charge is 0.418 e. The van der Waals surface area contributed by atoms with Gasteiger partial charge in [0.25, 0.3) is 0 Å². The van der Waals surface area contributed by atoms with Gasteiger partial charge in [-0.3, -0.25) is 4.98 Å². The van der Waals surface area contributed by atoms with Crippen molar-refractivity contribution >= 4 is 20.7 Å². The van der Waals surface area contributed by atoms with Gasteiger partial charge in [-0.25, -0.2) is 8.42 Å². The third kappa shape index (κ3) is 5.52. The molecule has 0 amide bonds. The van der Waals surface area contributed by atoms with Crippen molar-refractivity contribution in [1.82, 2.24) is 10.3 Å². The molecule has 0 aliphatic rings. The van der Waals surface area contributed by atoms with Crippen LogP contribution in [-0.2, 0) is 16.0 Å². The number of nitrogens with one attached hydrogen (secondary N) is 1. The van der Waals surface area contributed by atoms with E-state index in [1.165, 1.54) is 24.4 Å². The first kappa shape index (κ1) is 25.7. The molecular weight excluding hydrogens is 489 g/mol. The molecule has 0 saturated heterocycles. The lowest BCUT2D eigenvalue weighted by Gasteiger charge is -2.15. The van der Waals surface area contributed by atoms with E-state index in [4.69, 9.17) is 4.74 Å². The van der Waals surface area contributed by atoms with Crippen molar-refractivity contribution < 1.29 is 26.3 Å². The summed E-state index contributed by atoms with van der Waals surface area (Å²) in [7, 11) is -1.70. The van der Waals surface area contributed by atoms with Gasteiger partial charge < -0.3 is 10.1 Å². The molecule has 1 heterocycles. The van der Waals surface area contributed by atoms with E-state index >= 15 is 0 Å². The zero-order valence-corrected chi connectivity index (χ0v) is 20.6. The van der Waals surface area contributed by atoms with Crippen LogP contribution in [0.5, 0.6) is 11.5 Å². The maximum absolute atomic E-state index is 13.6. The zero-order valence-electron chi connectivity index (χ0n) is 19.8. The minimum atomic E-state index is -4.53. The molecule has 3 aromatic carbocycles. The highest BCUT2D eigenvalue weighted by atomic mass is 32.2. The van der Waals surface area contributed by atoms with Crippen LogP contribution in [0.15, 0.2) is 77.8 Å². The number of rotatable bonds is 8. The molecule has 0 aliphatic heterocycles. The number of benzene rings is 3. The summed E-state index contributed by atoms with van der Waals surface area (Å²) >= 11 is 0. The molecule has 0 unspecified atom stereocenters. The van der Waals surface area contributed by atoms with Crippen LogP contribution in [0, 0.1) is 6.92 Å². The quantitative estimate of drug-likeness (QED) is 0.276. The lowest BCUT2D eigenvalue weighted by molar-refractivity contribution is -0.136. The second-order valence-electron chi connectivity index (χ2n) is 8.40. The van der Waals surface area contributed by atoms with E-state index in [1.54, 1.807) is 56.4 Å². The van der Waals surface area contributed by atoms with E-state index in [9.17, 15) is 21.6 Å². The van der Waals surface area contributed by atoms with E-state index < -0.39 is 21.6 Å². The molecule has 188 valence electrons. The number of nitrogens with zero attached hydrogens (tertiary/aromatic N) is 1. The summed E-state index contributed by atoms with van der Waals surface area (Å²) in [6.07, 6.45) is -2.60. The Kier molecular flexibility index (Phi) is 7.33. The first-order valence-corrected chi connectivity index (χ1v) is 13.0. The van der Waals surface area contributed by atoms with Crippen LogP contribution in [-0.4, -0.2) is 32.7 Å². The molecule has 0 aliphatic carbocycles. The van der Waals surface area contributed by atoms with E-state index in [1.807, 2.05) is 0 Å². The first-order valence-electron chi connectivity index (χ1n) is 11.3. The second kappa shape index (κ2) is 10.3. The number of pyridine rings is 1. The van der Waals surface area contributed by atoms with Crippen molar-refractivity contribution in [2.75, 3.05) is 19.3 Å². The number of fused-ring (bicyclic) bond motifs is 1. The Balaban J connectivity index is 1.69. The van der Waals surface area contributed by atoms with E-state index in [2.05, 4.69) is 10.3 Å². The SMILES string of the molecule is CNCCCS(=O)(=O)c1cccc(Oc2cccc(-c3c(C)cnc4c(C(F)(F)F)cccc34)c2)c1. The third-order valence-corrected chi connectivity index (χ3v) is 7.55. The van der Waals surface area contributed by atoms with Gasteiger partial charge in [0.15, 0.2) is 9.84 Å². The Morgan fingerprint density at radius 3 is 2.39 bits per heavy atom. The van der Waals surface area contributed by atoms with Gasteiger partial charge in [0, 0.05) is 11.6 Å². The number of halogens is 3. The molecule has 0 bridgehead atoms. The number of hydrogen-bond donors (Lipinski definition) is 1. The summed E-state index contributed by atoms with van der Waals surface area (Å²) < 4.78 is 71.9. The molecule has 4 rings (SSSR count). The Morgan fingerprint density at radius 1 is 0.972 bits per heavy atom. The Morgan fingerprint density at radius 2 is 1.67 bits per heavy atom. The Bertz CT molecular complexity index is 1500. The molecule has 1 aromatic heterocycles. The second-order valence-corrected chi connectivity index (χ2v) is 10.5. The minimum Gasteiger partial charge on any atom is -0.457 e. The van der Waals surface area contributed by atoms with Gasteiger partial charge in [0.05, 0.1) is 21.7 Å². The average Bonchev–Trinajstić information content (AvgIpc) is 2.83. The van der Waals surface area contributed by atoms with Crippen LogP contribution in [0.25, 0.3) is 22.0 Å². The average molecular weight is 515 g/mol. The maximum atomic E-state index is 13.6. The van der Waals surface area contributed by atoms with Crippen molar-refractivity contribution in [2.24, 2.45) is 0 Å². The number of alkyl halides is 3. The minimum absolute atomic E-state index is 0.0150. The monoisotopic (exact) mass is 514 g/mol. The molecule has 0 radical (unpaired) electrons. The number of aromatic nitrogens is 1. The van der Waals surface area contributed by atoms with Crippen molar-refractivity contribution in [3.63, 3.8) is 0 Å². The van der Waals surface area contributed by atoms with E-state index in [-0.39, 0.29) is 16.2 Å². The van der Waals surface area contributed by atoms with E-state index in [0.717, 1.165) is 6.07 Å².